The van der Waals surface area contributed by atoms with E-state index in [0.717, 1.165) is 23.0 Å². The van der Waals surface area contributed by atoms with Gasteiger partial charge in [-0.05, 0) is 210 Å². The number of rotatable bonds is 52. The van der Waals surface area contributed by atoms with Gasteiger partial charge < -0.3 is 17.7 Å². The summed E-state index contributed by atoms with van der Waals surface area (Å²) in [5.41, 5.74) is 22.5. The molecule has 13 heteroatoms. The van der Waals surface area contributed by atoms with Crippen LogP contribution in [0, 0.1) is 27.7 Å². The Kier molecular flexibility index (Phi) is 43.8. The molecule has 4 atom stereocenters. The van der Waals surface area contributed by atoms with Gasteiger partial charge in [0.05, 0.1) is 0 Å². The molecule has 0 saturated heterocycles. The van der Waals surface area contributed by atoms with E-state index in [1.54, 1.807) is 20.7 Å². The van der Waals surface area contributed by atoms with Gasteiger partial charge in [0.2, 0.25) is 0 Å². The molecule has 12 aromatic carbocycles. The van der Waals surface area contributed by atoms with Crippen LogP contribution < -0.4 is 38.5 Å². The van der Waals surface area contributed by atoms with Crippen LogP contribution in [0.1, 0.15) is 350 Å². The average Bonchev–Trinajstić information content (AvgIpc) is 1.58. The predicted octanol–water partition coefficient (Wildman–Crippen LogP) is 39.7. The third-order valence-corrected chi connectivity index (χ3v) is 56.4. The van der Waals surface area contributed by atoms with E-state index in [-0.39, 0.29) is 23.7 Å². The van der Waals surface area contributed by atoms with Gasteiger partial charge in [-0.1, -0.05) is 424 Å². The van der Waals surface area contributed by atoms with Crippen LogP contribution in [-0.4, -0.2) is 50.9 Å². The van der Waals surface area contributed by atoms with Crippen LogP contribution in [0.15, 0.2) is 243 Å². The second-order valence-electron chi connectivity index (χ2n) is 43.8. The predicted molar refractivity (Wildman–Crippen MR) is 659 cm³/mol. The maximum atomic E-state index is 7.58. The van der Waals surface area contributed by atoms with Crippen molar-refractivity contribution in [1.29, 1.82) is 0 Å². The van der Waals surface area contributed by atoms with Gasteiger partial charge >= 0.3 is 37.9 Å². The molecular weight excluding hydrogens is 2000 g/mol. The zero-order chi connectivity index (χ0) is 104. The first-order valence-corrected chi connectivity index (χ1v) is 78.2. The first-order chi connectivity index (χ1) is 71.7. The van der Waals surface area contributed by atoms with Gasteiger partial charge in [0.1, 0.15) is 23.0 Å². The molecular formula is C134H174Cl2O4Si6Zr-4. The summed E-state index contributed by atoms with van der Waals surface area (Å²) in [4.78, 5) is 0. The second-order valence-corrected chi connectivity index (χ2v) is 68.3. The Hall–Kier alpha value is -7.92. The Morgan fingerprint density at radius 1 is 0.245 bits per heavy atom. The number of fused-ring (bicyclic) bond motifs is 8. The zero-order valence-corrected chi connectivity index (χ0v) is 103. The maximum absolute atomic E-state index is 7.58. The van der Waals surface area contributed by atoms with Crippen molar-refractivity contribution in [1.82, 2.24) is 0 Å². The van der Waals surface area contributed by atoms with Crippen LogP contribution in [0.5, 0.6) is 23.0 Å². The molecule has 0 N–H and O–H groups in total. The van der Waals surface area contributed by atoms with Gasteiger partial charge in [-0.2, -0.15) is 68.8 Å². The first kappa shape index (κ1) is 115. The fourth-order valence-corrected chi connectivity index (χ4v) is 49.7. The molecule has 147 heavy (non-hydrogen) atoms. The minimum atomic E-state index is -2.02. The van der Waals surface area contributed by atoms with Crippen molar-refractivity contribution >= 4 is 156 Å². The van der Waals surface area contributed by atoms with E-state index in [4.69, 9.17) is 34.7 Å². The summed E-state index contributed by atoms with van der Waals surface area (Å²) < 4.78 is 30.3. The number of benzene rings is 8. The van der Waals surface area contributed by atoms with Crippen molar-refractivity contribution in [3.05, 3.63) is 332 Å². The van der Waals surface area contributed by atoms with Crippen molar-refractivity contribution in [3.63, 3.8) is 0 Å². The molecule has 4 aliphatic rings. The van der Waals surface area contributed by atoms with E-state index in [1.165, 1.54) is 359 Å². The molecule has 0 amide bonds. The number of aryl methyl sites for hydroxylation is 4. The summed E-state index contributed by atoms with van der Waals surface area (Å²) in [6, 6.07) is 80.9. The van der Waals surface area contributed by atoms with E-state index in [1.807, 2.05) is 0 Å². The molecule has 16 rings (SSSR count). The normalized spacial score (nSPS) is 15.4. The van der Waals surface area contributed by atoms with Crippen LogP contribution in [0.3, 0.4) is 0 Å². The Morgan fingerprint density at radius 2 is 0.415 bits per heavy atom. The summed E-state index contributed by atoms with van der Waals surface area (Å²) in [7, 11) is -0.687. The molecule has 0 bridgehead atoms. The molecule has 0 fully saturated rings. The summed E-state index contributed by atoms with van der Waals surface area (Å²) >= 11 is -0.826. The Bertz CT molecular complexity index is 5690. The summed E-state index contributed by atoms with van der Waals surface area (Å²) in [5.74, 6) is 4.84. The fraction of sp³-hybridized carbons (Fsp3) is 0.433. The van der Waals surface area contributed by atoms with Gasteiger partial charge in [0.25, 0.3) is 33.3 Å². The number of unbranched alkanes of at least 4 members (excludes halogenated alkanes) is 12. The summed E-state index contributed by atoms with van der Waals surface area (Å²) in [5, 5.41) is 16.7. The van der Waals surface area contributed by atoms with Crippen molar-refractivity contribution < 1.29 is 38.6 Å². The Labute approximate surface area is 915 Å². The van der Waals surface area contributed by atoms with Crippen molar-refractivity contribution in [2.24, 2.45) is 0 Å². The molecule has 2 radical (unpaired) electrons. The van der Waals surface area contributed by atoms with Gasteiger partial charge in [-0.15, -0.1) is 91.6 Å². The SMILES string of the molecule is CCCC[Si](CCCC)(CCCC)Oc1cc(C2C=CC=Cc3c2cc(C)[c-]3[Si](C)[c-]2c(C)cc3c2C=CC=CC3c2cc(O[Si](CCCC)(CCCC)CCCC)cc3ccccc23)c2ccccc2c1.CCCC[Si](CCCC)(CCCC)Oc1cc(C2C=CC=Cc3c2cc(C)[c-]3[Si](C)[c-]2c(C)cc3c2C=CC=CC3c2cc(O[Si](CCCC)(CCCC)CCCC)cc3ccccc23)c2ccccc2c1.[Cl][Zr][Cl]. The van der Waals surface area contributed by atoms with E-state index < -0.39 is 71.7 Å². The molecule has 4 unspecified atom stereocenters. The molecule has 0 saturated carbocycles. The molecule has 0 aromatic heterocycles. The third kappa shape index (κ3) is 27.7. The Morgan fingerprint density at radius 3 is 0.585 bits per heavy atom. The number of allylic oxidation sites excluding steroid dienone is 12. The second kappa shape index (κ2) is 56.1. The minimum absolute atomic E-state index is 0.116. The van der Waals surface area contributed by atoms with Gasteiger partial charge in [-0.25, -0.2) is 0 Å². The molecule has 0 aliphatic heterocycles. The van der Waals surface area contributed by atoms with E-state index in [2.05, 4.69) is 391 Å². The quantitative estimate of drug-likeness (QED) is 0.0281. The summed E-state index contributed by atoms with van der Waals surface area (Å²) in [6.45, 7) is 42.8. The van der Waals surface area contributed by atoms with Crippen molar-refractivity contribution in [2.45, 2.75) is 374 Å². The zero-order valence-electron chi connectivity index (χ0n) is 93.1. The van der Waals surface area contributed by atoms with Gasteiger partial charge in [-0.3, -0.25) is 0 Å². The standard InChI is InChI=1S/2C67H87O2Si3.2ClH.Zr/c2*1-10-16-38-71(39-17-11-2,40-18-12-3)68-54-46-52-30-22-24-32-56(52)64(48-54)58-34-26-28-36-60-62(58)44-50(7)66(60)70(9)67-51(8)45-63-59(35-27-29-37-61(63)67)65-49-55(47-53-31-23-25-33-57(53)65)69-72(41-19-13-4,42-20-14-5)43-21-15-6;;;/h2*22-37,44-49,58-59H,10-21,38-43H2,1-9H3;2*1H;/q2*-2;;;+2/p-2. The molecule has 4 aliphatic carbocycles. The molecule has 0 heterocycles. The van der Waals surface area contributed by atoms with Crippen LogP contribution in [-0.2, 0) is 20.8 Å². The molecule has 780 valence electrons. The van der Waals surface area contributed by atoms with Crippen LogP contribution in [0.4, 0.5) is 0 Å². The monoisotopic (exact) mass is 2180 g/mol. The first-order valence-electron chi connectivity index (χ1n) is 57.8. The molecule has 12 aromatic rings. The summed E-state index contributed by atoms with van der Waals surface area (Å²) in [6.07, 6.45) is 67.8. The van der Waals surface area contributed by atoms with E-state index in [9.17, 15) is 0 Å². The molecule has 0 spiro atoms. The molecule has 4 nitrogen and oxygen atoms in total. The van der Waals surface area contributed by atoms with Crippen molar-refractivity contribution in [2.75, 3.05) is 0 Å². The number of hydrogen-bond donors (Lipinski definition) is 0. The van der Waals surface area contributed by atoms with Crippen LogP contribution in [0.2, 0.25) is 85.6 Å². The van der Waals surface area contributed by atoms with Gasteiger partial charge in [0.15, 0.2) is 0 Å². The topological polar surface area (TPSA) is 36.9 Å². The number of hydrogen-bond acceptors (Lipinski definition) is 4. The van der Waals surface area contributed by atoms with Crippen LogP contribution >= 0.6 is 17.0 Å². The Balaban J connectivity index is 0.000000226. The fourth-order valence-electron chi connectivity index (χ4n) is 25.4. The van der Waals surface area contributed by atoms with E-state index >= 15 is 0 Å². The average molecular weight is 2180 g/mol. The third-order valence-electron chi connectivity index (χ3n) is 32.9. The van der Waals surface area contributed by atoms with Crippen LogP contribution in [0.25, 0.3) is 67.4 Å². The van der Waals surface area contributed by atoms with E-state index in [0.29, 0.717) is 0 Å². The van der Waals surface area contributed by atoms with Crippen molar-refractivity contribution in [3.8, 4) is 23.0 Å². The number of halogens is 2. The van der Waals surface area contributed by atoms with Gasteiger partial charge in [0, 0.05) is 17.6 Å².